The fourth-order valence-corrected chi connectivity index (χ4v) is 1.45. The molecule has 0 aliphatic carbocycles. The third-order valence-electron chi connectivity index (χ3n) is 2.31. The minimum absolute atomic E-state index is 0.0533. The van der Waals surface area contributed by atoms with E-state index in [4.69, 9.17) is 5.73 Å². The Morgan fingerprint density at radius 2 is 1.94 bits per heavy atom. The van der Waals surface area contributed by atoms with Gasteiger partial charge in [0.25, 0.3) is 5.91 Å². The van der Waals surface area contributed by atoms with Crippen molar-refractivity contribution in [2.45, 2.75) is 19.9 Å². The molecule has 0 atom stereocenters. The SMILES string of the molecule is CC(C)N(CC(N)=O)C(=O)c1ccccc1F. The van der Waals surface area contributed by atoms with E-state index in [9.17, 15) is 14.0 Å². The lowest BCUT2D eigenvalue weighted by Crippen LogP contribution is -2.43. The van der Waals surface area contributed by atoms with Crippen molar-refractivity contribution >= 4 is 11.8 Å². The molecule has 5 heteroatoms. The van der Waals surface area contributed by atoms with E-state index in [1.54, 1.807) is 19.9 Å². The molecule has 1 aromatic rings. The van der Waals surface area contributed by atoms with E-state index in [1.165, 1.54) is 23.1 Å². The lowest BCUT2D eigenvalue weighted by Gasteiger charge is -2.25. The van der Waals surface area contributed by atoms with Crippen LogP contribution in [0.3, 0.4) is 0 Å². The van der Waals surface area contributed by atoms with E-state index in [0.717, 1.165) is 0 Å². The van der Waals surface area contributed by atoms with Crippen molar-refractivity contribution in [1.29, 1.82) is 0 Å². The number of primary amides is 1. The van der Waals surface area contributed by atoms with E-state index in [-0.39, 0.29) is 18.2 Å². The average molecular weight is 238 g/mol. The summed E-state index contributed by atoms with van der Waals surface area (Å²) < 4.78 is 13.4. The Morgan fingerprint density at radius 3 is 2.41 bits per heavy atom. The summed E-state index contributed by atoms with van der Waals surface area (Å²) in [6.45, 7) is 3.26. The van der Waals surface area contributed by atoms with Gasteiger partial charge < -0.3 is 10.6 Å². The number of nitrogens with zero attached hydrogens (tertiary/aromatic N) is 1. The highest BCUT2D eigenvalue weighted by molar-refractivity contribution is 5.96. The molecule has 0 spiro atoms. The molecule has 1 aromatic carbocycles. The van der Waals surface area contributed by atoms with Gasteiger partial charge in [0.1, 0.15) is 5.82 Å². The molecule has 0 bridgehead atoms. The minimum atomic E-state index is -0.622. The van der Waals surface area contributed by atoms with Crippen LogP contribution in [0.25, 0.3) is 0 Å². The Labute approximate surface area is 99.2 Å². The summed E-state index contributed by atoms with van der Waals surface area (Å²) in [5.41, 5.74) is 5.01. The first-order valence-electron chi connectivity index (χ1n) is 5.27. The molecule has 0 saturated heterocycles. The van der Waals surface area contributed by atoms with Crippen molar-refractivity contribution in [2.75, 3.05) is 6.54 Å². The molecule has 92 valence electrons. The maximum Gasteiger partial charge on any atom is 0.257 e. The van der Waals surface area contributed by atoms with Crippen molar-refractivity contribution in [3.8, 4) is 0 Å². The lowest BCUT2D eigenvalue weighted by molar-refractivity contribution is -0.119. The number of nitrogens with two attached hydrogens (primary N) is 1. The van der Waals surface area contributed by atoms with E-state index < -0.39 is 17.6 Å². The van der Waals surface area contributed by atoms with Crippen molar-refractivity contribution in [3.63, 3.8) is 0 Å². The third-order valence-corrected chi connectivity index (χ3v) is 2.31. The third kappa shape index (κ3) is 3.27. The summed E-state index contributed by atoms with van der Waals surface area (Å²) in [5, 5.41) is 0. The predicted molar refractivity (Wildman–Crippen MR) is 61.8 cm³/mol. The van der Waals surface area contributed by atoms with Crippen molar-refractivity contribution in [1.82, 2.24) is 4.90 Å². The average Bonchev–Trinajstić information content (AvgIpc) is 2.25. The van der Waals surface area contributed by atoms with Crippen LogP contribution in [0.2, 0.25) is 0 Å². The summed E-state index contributed by atoms with van der Waals surface area (Å²) in [5.74, 6) is -1.76. The molecule has 0 heterocycles. The normalized spacial score (nSPS) is 10.4. The Hall–Kier alpha value is -1.91. The second-order valence-corrected chi connectivity index (χ2v) is 3.97. The molecule has 2 N–H and O–H groups in total. The Bertz CT molecular complexity index is 432. The van der Waals surface area contributed by atoms with Gasteiger partial charge in [0.05, 0.1) is 12.1 Å². The van der Waals surface area contributed by atoms with E-state index >= 15 is 0 Å². The number of carbonyl (C=O) groups is 2. The zero-order chi connectivity index (χ0) is 13.0. The molecule has 0 unspecified atom stereocenters. The van der Waals surface area contributed by atoms with Crippen molar-refractivity contribution < 1.29 is 14.0 Å². The van der Waals surface area contributed by atoms with Crippen LogP contribution < -0.4 is 5.73 Å². The molecule has 2 amide bonds. The summed E-state index contributed by atoms with van der Waals surface area (Å²) in [7, 11) is 0. The number of halogens is 1. The van der Waals surface area contributed by atoms with Gasteiger partial charge in [-0.1, -0.05) is 12.1 Å². The standard InChI is InChI=1S/C12H15FN2O2/c1-8(2)15(7-11(14)16)12(17)9-5-3-4-6-10(9)13/h3-6,8H,7H2,1-2H3,(H2,14,16). The van der Waals surface area contributed by atoms with Crippen molar-refractivity contribution in [3.05, 3.63) is 35.6 Å². The van der Waals surface area contributed by atoms with E-state index in [0.29, 0.717) is 0 Å². The first kappa shape index (κ1) is 13.2. The molecular formula is C12H15FN2O2. The van der Waals surface area contributed by atoms with Crippen LogP contribution in [-0.4, -0.2) is 29.3 Å². The summed E-state index contributed by atoms with van der Waals surface area (Å²) in [6, 6.07) is 5.43. The molecule has 0 fully saturated rings. The Morgan fingerprint density at radius 1 is 1.35 bits per heavy atom. The molecule has 4 nitrogen and oxygen atoms in total. The van der Waals surface area contributed by atoms with Gasteiger partial charge >= 0.3 is 0 Å². The minimum Gasteiger partial charge on any atom is -0.368 e. The highest BCUT2D eigenvalue weighted by atomic mass is 19.1. The van der Waals surface area contributed by atoms with E-state index in [1.807, 2.05) is 0 Å². The highest BCUT2D eigenvalue weighted by Gasteiger charge is 2.22. The largest absolute Gasteiger partial charge is 0.368 e. The van der Waals surface area contributed by atoms with Crippen LogP contribution in [0.15, 0.2) is 24.3 Å². The highest BCUT2D eigenvalue weighted by Crippen LogP contribution is 2.12. The van der Waals surface area contributed by atoms with Gasteiger partial charge in [0.15, 0.2) is 0 Å². The molecule has 0 aliphatic rings. The number of hydrogen-bond donors (Lipinski definition) is 1. The fraction of sp³-hybridized carbons (Fsp3) is 0.333. The van der Waals surface area contributed by atoms with Crippen LogP contribution >= 0.6 is 0 Å². The zero-order valence-corrected chi connectivity index (χ0v) is 9.81. The predicted octanol–water partition coefficient (Wildman–Crippen LogP) is 1.16. The molecule has 0 saturated carbocycles. The van der Waals surface area contributed by atoms with Gasteiger partial charge in [-0.25, -0.2) is 4.39 Å². The molecule has 1 rings (SSSR count). The van der Waals surface area contributed by atoms with Crippen LogP contribution in [0.5, 0.6) is 0 Å². The molecule has 0 aliphatic heterocycles. The second-order valence-electron chi connectivity index (χ2n) is 3.97. The topological polar surface area (TPSA) is 63.4 Å². The smallest absolute Gasteiger partial charge is 0.257 e. The molecule has 0 aromatic heterocycles. The van der Waals surface area contributed by atoms with Gasteiger partial charge in [-0.15, -0.1) is 0 Å². The second kappa shape index (κ2) is 5.43. The number of hydrogen-bond acceptors (Lipinski definition) is 2. The first-order chi connectivity index (χ1) is 7.93. The lowest BCUT2D eigenvalue weighted by atomic mass is 10.1. The monoisotopic (exact) mass is 238 g/mol. The Balaban J connectivity index is 3.00. The van der Waals surface area contributed by atoms with Crippen LogP contribution in [-0.2, 0) is 4.79 Å². The van der Waals surface area contributed by atoms with Crippen LogP contribution in [0, 0.1) is 5.82 Å². The first-order valence-corrected chi connectivity index (χ1v) is 5.27. The fourth-order valence-electron chi connectivity index (χ4n) is 1.45. The number of benzene rings is 1. The summed E-state index contributed by atoms with van der Waals surface area (Å²) >= 11 is 0. The molecule has 0 radical (unpaired) electrons. The van der Waals surface area contributed by atoms with Gasteiger partial charge in [-0.05, 0) is 26.0 Å². The Kier molecular flexibility index (Phi) is 4.20. The van der Waals surface area contributed by atoms with Crippen molar-refractivity contribution in [2.24, 2.45) is 5.73 Å². The maximum absolute atomic E-state index is 13.4. The zero-order valence-electron chi connectivity index (χ0n) is 9.81. The quantitative estimate of drug-likeness (QED) is 0.855. The van der Waals surface area contributed by atoms with E-state index in [2.05, 4.69) is 0 Å². The molecular weight excluding hydrogens is 223 g/mol. The maximum atomic E-state index is 13.4. The number of rotatable bonds is 4. The summed E-state index contributed by atoms with van der Waals surface area (Å²) in [4.78, 5) is 24.1. The van der Waals surface area contributed by atoms with Gasteiger partial charge in [-0.3, -0.25) is 9.59 Å². The summed E-state index contributed by atoms with van der Waals surface area (Å²) in [6.07, 6.45) is 0. The van der Waals surface area contributed by atoms with Gasteiger partial charge in [0.2, 0.25) is 5.91 Å². The van der Waals surface area contributed by atoms with Gasteiger partial charge in [-0.2, -0.15) is 0 Å². The molecule has 17 heavy (non-hydrogen) atoms. The van der Waals surface area contributed by atoms with Crippen LogP contribution in [0.1, 0.15) is 24.2 Å². The van der Waals surface area contributed by atoms with Crippen LogP contribution in [0.4, 0.5) is 4.39 Å². The number of amides is 2. The van der Waals surface area contributed by atoms with Gasteiger partial charge in [0, 0.05) is 6.04 Å². The number of carbonyl (C=O) groups excluding carboxylic acids is 2.